The van der Waals surface area contributed by atoms with Crippen LogP contribution in [0.4, 0.5) is 24.7 Å². The van der Waals surface area contributed by atoms with Crippen LogP contribution < -0.4 is 5.32 Å². The molecule has 0 aliphatic heterocycles. The summed E-state index contributed by atoms with van der Waals surface area (Å²) < 4.78 is 37.1. The van der Waals surface area contributed by atoms with Gasteiger partial charge in [0.25, 0.3) is 0 Å². The second-order valence-electron chi connectivity index (χ2n) is 3.69. The number of rotatable bonds is 2. The number of hydrogen-bond donors (Lipinski definition) is 1. The molecule has 1 aromatic heterocycles. The molecule has 0 saturated heterocycles. The quantitative estimate of drug-likeness (QED) is 0.889. The van der Waals surface area contributed by atoms with E-state index < -0.39 is 11.7 Å². The van der Waals surface area contributed by atoms with Crippen molar-refractivity contribution in [3.8, 4) is 0 Å². The summed E-state index contributed by atoms with van der Waals surface area (Å²) in [5.74, 6) is 1.13. The van der Waals surface area contributed by atoms with Gasteiger partial charge in [-0.2, -0.15) is 13.2 Å². The first-order chi connectivity index (χ1) is 8.45. The Morgan fingerprint density at radius 3 is 2.28 bits per heavy atom. The Labute approximate surface area is 102 Å². The number of aromatic nitrogens is 2. The predicted octanol–water partition coefficient (Wildman–Crippen LogP) is 3.55. The highest BCUT2D eigenvalue weighted by Gasteiger charge is 2.29. The van der Waals surface area contributed by atoms with E-state index in [1.807, 2.05) is 0 Å². The van der Waals surface area contributed by atoms with Crippen molar-refractivity contribution in [3.63, 3.8) is 0 Å². The smallest absolute Gasteiger partial charge is 0.340 e. The standard InChI is InChI=1S/C12H10F3N3/c1-8-16-7-6-11(17-8)18-10-4-2-9(3-5-10)12(13,14)15/h2-7H,1H3,(H,16,17,18). The summed E-state index contributed by atoms with van der Waals surface area (Å²) in [5, 5.41) is 2.90. The van der Waals surface area contributed by atoms with Crippen LogP contribution in [0.3, 0.4) is 0 Å². The minimum Gasteiger partial charge on any atom is -0.340 e. The number of alkyl halides is 3. The van der Waals surface area contributed by atoms with Gasteiger partial charge in [-0.3, -0.25) is 0 Å². The highest BCUT2D eigenvalue weighted by molar-refractivity contribution is 5.56. The average Bonchev–Trinajstić information content (AvgIpc) is 2.28. The minimum atomic E-state index is -4.32. The summed E-state index contributed by atoms with van der Waals surface area (Å²) in [6.07, 6.45) is -2.74. The SMILES string of the molecule is Cc1nccc(Nc2ccc(C(F)(F)F)cc2)n1. The zero-order chi connectivity index (χ0) is 13.2. The second-order valence-corrected chi connectivity index (χ2v) is 3.69. The maximum Gasteiger partial charge on any atom is 0.416 e. The summed E-state index contributed by atoms with van der Waals surface area (Å²) >= 11 is 0. The topological polar surface area (TPSA) is 37.8 Å². The van der Waals surface area contributed by atoms with Crippen LogP contribution >= 0.6 is 0 Å². The Hall–Kier alpha value is -2.11. The van der Waals surface area contributed by atoms with Crippen LogP contribution in [-0.4, -0.2) is 9.97 Å². The third-order valence-corrected chi connectivity index (χ3v) is 2.26. The molecule has 0 fully saturated rings. The number of anilines is 2. The minimum absolute atomic E-state index is 0.543. The number of nitrogens with zero attached hydrogens (tertiary/aromatic N) is 2. The molecule has 0 aliphatic carbocycles. The summed E-state index contributed by atoms with van der Waals surface area (Å²) in [5.41, 5.74) is -0.131. The molecule has 0 amide bonds. The molecule has 0 saturated carbocycles. The van der Waals surface area contributed by atoms with Crippen molar-refractivity contribution in [1.29, 1.82) is 0 Å². The van der Waals surface area contributed by atoms with Crippen molar-refractivity contribution in [2.45, 2.75) is 13.1 Å². The van der Waals surface area contributed by atoms with E-state index >= 15 is 0 Å². The lowest BCUT2D eigenvalue weighted by Crippen LogP contribution is -2.04. The summed E-state index contributed by atoms with van der Waals surface area (Å²) in [6.45, 7) is 1.73. The molecule has 1 heterocycles. The van der Waals surface area contributed by atoms with Gasteiger partial charge < -0.3 is 5.32 Å². The molecule has 0 unspecified atom stereocenters. The van der Waals surface area contributed by atoms with Gasteiger partial charge in [-0.15, -0.1) is 0 Å². The third-order valence-electron chi connectivity index (χ3n) is 2.26. The molecule has 0 spiro atoms. The van der Waals surface area contributed by atoms with Crippen LogP contribution in [-0.2, 0) is 6.18 Å². The number of halogens is 3. The lowest BCUT2D eigenvalue weighted by molar-refractivity contribution is -0.137. The van der Waals surface area contributed by atoms with Crippen molar-refractivity contribution < 1.29 is 13.2 Å². The molecule has 94 valence electrons. The van der Waals surface area contributed by atoms with E-state index in [2.05, 4.69) is 15.3 Å². The van der Waals surface area contributed by atoms with E-state index in [-0.39, 0.29) is 0 Å². The highest BCUT2D eigenvalue weighted by atomic mass is 19.4. The highest BCUT2D eigenvalue weighted by Crippen LogP contribution is 2.30. The maximum atomic E-state index is 12.4. The van der Waals surface area contributed by atoms with E-state index in [9.17, 15) is 13.2 Å². The van der Waals surface area contributed by atoms with Crippen LogP contribution in [0.5, 0.6) is 0 Å². The monoisotopic (exact) mass is 253 g/mol. The Morgan fingerprint density at radius 1 is 1.06 bits per heavy atom. The van der Waals surface area contributed by atoms with E-state index in [0.29, 0.717) is 17.3 Å². The van der Waals surface area contributed by atoms with Crippen molar-refractivity contribution in [3.05, 3.63) is 47.9 Å². The van der Waals surface area contributed by atoms with Gasteiger partial charge in [-0.1, -0.05) is 0 Å². The molecule has 1 aromatic carbocycles. The first kappa shape index (κ1) is 12.3. The van der Waals surface area contributed by atoms with E-state index in [0.717, 1.165) is 12.1 Å². The van der Waals surface area contributed by atoms with Gasteiger partial charge >= 0.3 is 6.18 Å². The Balaban J connectivity index is 2.16. The van der Waals surface area contributed by atoms with Gasteiger partial charge in [0.05, 0.1) is 5.56 Å². The van der Waals surface area contributed by atoms with Gasteiger partial charge in [0.15, 0.2) is 0 Å². The zero-order valence-electron chi connectivity index (χ0n) is 9.49. The molecule has 3 nitrogen and oxygen atoms in total. The van der Waals surface area contributed by atoms with Crippen molar-refractivity contribution in [1.82, 2.24) is 9.97 Å². The second kappa shape index (κ2) is 4.64. The Kier molecular flexibility index (Phi) is 3.18. The van der Waals surface area contributed by atoms with Gasteiger partial charge in [0.1, 0.15) is 11.6 Å². The zero-order valence-corrected chi connectivity index (χ0v) is 9.49. The van der Waals surface area contributed by atoms with Gasteiger partial charge in [-0.25, -0.2) is 9.97 Å². The molecule has 6 heteroatoms. The lowest BCUT2D eigenvalue weighted by atomic mass is 10.2. The number of benzene rings is 1. The summed E-state index contributed by atoms with van der Waals surface area (Å²) in [6, 6.07) is 6.41. The van der Waals surface area contributed by atoms with Crippen molar-refractivity contribution >= 4 is 11.5 Å². The number of hydrogen-bond acceptors (Lipinski definition) is 3. The molecule has 1 N–H and O–H groups in total. The van der Waals surface area contributed by atoms with E-state index in [1.54, 1.807) is 19.2 Å². The summed E-state index contributed by atoms with van der Waals surface area (Å²) in [7, 11) is 0. The number of aryl methyl sites for hydroxylation is 1. The van der Waals surface area contributed by atoms with Crippen LogP contribution in [0.25, 0.3) is 0 Å². The average molecular weight is 253 g/mol. The molecular weight excluding hydrogens is 243 g/mol. The Bertz CT molecular complexity index is 535. The first-order valence-corrected chi connectivity index (χ1v) is 5.19. The molecule has 2 rings (SSSR count). The van der Waals surface area contributed by atoms with Gasteiger partial charge in [0.2, 0.25) is 0 Å². The fourth-order valence-corrected chi connectivity index (χ4v) is 1.42. The fourth-order valence-electron chi connectivity index (χ4n) is 1.42. The van der Waals surface area contributed by atoms with Crippen LogP contribution in [0.1, 0.15) is 11.4 Å². The van der Waals surface area contributed by atoms with Gasteiger partial charge in [-0.05, 0) is 37.3 Å². The molecule has 0 atom stereocenters. The normalized spacial score (nSPS) is 11.3. The lowest BCUT2D eigenvalue weighted by Gasteiger charge is -2.09. The third kappa shape index (κ3) is 2.97. The molecular formula is C12H10F3N3. The predicted molar refractivity (Wildman–Crippen MR) is 61.5 cm³/mol. The molecule has 0 bridgehead atoms. The first-order valence-electron chi connectivity index (χ1n) is 5.19. The van der Waals surface area contributed by atoms with Crippen molar-refractivity contribution in [2.24, 2.45) is 0 Å². The molecule has 0 radical (unpaired) electrons. The summed E-state index contributed by atoms with van der Waals surface area (Å²) in [4.78, 5) is 8.02. The maximum absolute atomic E-state index is 12.4. The number of nitrogens with one attached hydrogen (secondary N) is 1. The fraction of sp³-hybridized carbons (Fsp3) is 0.167. The van der Waals surface area contributed by atoms with Crippen LogP contribution in [0.15, 0.2) is 36.5 Å². The van der Waals surface area contributed by atoms with E-state index in [4.69, 9.17) is 0 Å². The van der Waals surface area contributed by atoms with Gasteiger partial charge in [0, 0.05) is 11.9 Å². The molecule has 0 aliphatic rings. The van der Waals surface area contributed by atoms with E-state index in [1.165, 1.54) is 12.1 Å². The largest absolute Gasteiger partial charge is 0.416 e. The van der Waals surface area contributed by atoms with Crippen LogP contribution in [0, 0.1) is 6.92 Å². The Morgan fingerprint density at radius 2 is 1.72 bits per heavy atom. The molecule has 18 heavy (non-hydrogen) atoms. The molecule has 2 aromatic rings. The van der Waals surface area contributed by atoms with Crippen LogP contribution in [0.2, 0.25) is 0 Å². The van der Waals surface area contributed by atoms with Crippen molar-refractivity contribution in [2.75, 3.05) is 5.32 Å².